The van der Waals surface area contributed by atoms with Crippen molar-refractivity contribution in [3.8, 4) is 0 Å². The first-order valence-electron chi connectivity index (χ1n) is 10.3. The molecule has 2 aromatic carbocycles. The van der Waals surface area contributed by atoms with E-state index in [1.54, 1.807) is 0 Å². The zero-order valence-electron chi connectivity index (χ0n) is 17.6. The van der Waals surface area contributed by atoms with Gasteiger partial charge in [0.25, 0.3) is 0 Å². The zero-order valence-corrected chi connectivity index (χ0v) is 17.6. The van der Waals surface area contributed by atoms with Gasteiger partial charge < -0.3 is 10.7 Å². The minimum atomic E-state index is 0.436. The molecule has 28 heavy (non-hydrogen) atoms. The summed E-state index contributed by atoms with van der Waals surface area (Å²) >= 11 is 0. The molecule has 2 N–H and O–H groups in total. The molecule has 2 aromatic rings. The molecule has 2 rings (SSSR count). The Hall–Kier alpha value is -2.55. The quantitative estimate of drug-likeness (QED) is 0.305. The van der Waals surface area contributed by atoms with Crippen molar-refractivity contribution in [1.82, 2.24) is 0 Å². The largest absolute Gasteiger partial charge is 0.351 e. The molecule has 0 aliphatic rings. The standard InChI is InChI=1S/C25H35N3/c1-5-22(24(27-26)19-21-12-8-7-9-13-21)18-20(3)16-17-23-14-10-11-15-25(23)28(4)6-2/h6-15,20,22H,2,5,16-19,26H2,1,3-4H3/b27-24-. The molecule has 0 aliphatic heterocycles. The molecule has 3 heteroatoms. The maximum Gasteiger partial charge on any atom is 0.0450 e. The number of para-hydroxylation sites is 1. The van der Waals surface area contributed by atoms with E-state index >= 15 is 0 Å². The molecular formula is C25H35N3. The van der Waals surface area contributed by atoms with Gasteiger partial charge in [0.1, 0.15) is 0 Å². The van der Waals surface area contributed by atoms with E-state index in [4.69, 9.17) is 5.84 Å². The van der Waals surface area contributed by atoms with Crippen molar-refractivity contribution in [3.05, 3.63) is 78.5 Å². The fourth-order valence-corrected chi connectivity index (χ4v) is 3.81. The number of hydrogen-bond acceptors (Lipinski definition) is 3. The molecule has 150 valence electrons. The predicted molar refractivity (Wildman–Crippen MR) is 123 cm³/mol. The average Bonchev–Trinajstić information content (AvgIpc) is 2.75. The third kappa shape index (κ3) is 6.26. The van der Waals surface area contributed by atoms with Crippen LogP contribution >= 0.6 is 0 Å². The number of aryl methyl sites for hydroxylation is 1. The Bertz CT molecular complexity index is 751. The number of benzene rings is 2. The Morgan fingerprint density at radius 2 is 1.82 bits per heavy atom. The average molecular weight is 378 g/mol. The van der Waals surface area contributed by atoms with Crippen LogP contribution in [0.5, 0.6) is 0 Å². The van der Waals surface area contributed by atoms with Crippen molar-refractivity contribution in [3.63, 3.8) is 0 Å². The molecule has 0 radical (unpaired) electrons. The monoisotopic (exact) mass is 377 g/mol. The summed E-state index contributed by atoms with van der Waals surface area (Å²) in [5.41, 5.74) is 5.01. The summed E-state index contributed by atoms with van der Waals surface area (Å²) in [5, 5.41) is 4.17. The van der Waals surface area contributed by atoms with Crippen LogP contribution < -0.4 is 10.7 Å². The highest BCUT2D eigenvalue weighted by atomic mass is 15.1. The lowest BCUT2D eigenvalue weighted by atomic mass is 9.84. The van der Waals surface area contributed by atoms with Gasteiger partial charge in [-0.3, -0.25) is 0 Å². The van der Waals surface area contributed by atoms with Crippen molar-refractivity contribution >= 4 is 11.4 Å². The van der Waals surface area contributed by atoms with E-state index in [0.717, 1.165) is 37.8 Å². The number of hydrogen-bond donors (Lipinski definition) is 1. The number of nitrogens with two attached hydrogens (primary N) is 1. The van der Waals surface area contributed by atoms with Gasteiger partial charge in [0, 0.05) is 24.9 Å². The molecule has 0 heterocycles. The highest BCUT2D eigenvalue weighted by Gasteiger charge is 2.18. The Labute approximate surface area is 171 Å². The second kappa shape index (κ2) is 11.3. The fraction of sp³-hybridized carbons (Fsp3) is 0.400. The van der Waals surface area contributed by atoms with Crippen LogP contribution in [0, 0.1) is 11.8 Å². The smallest absolute Gasteiger partial charge is 0.0450 e. The van der Waals surface area contributed by atoms with E-state index in [2.05, 4.69) is 86.0 Å². The second-order valence-electron chi connectivity index (χ2n) is 7.69. The van der Waals surface area contributed by atoms with Crippen molar-refractivity contribution in [2.75, 3.05) is 11.9 Å². The summed E-state index contributed by atoms with van der Waals surface area (Å²) in [6.07, 6.45) is 7.13. The molecule has 2 unspecified atom stereocenters. The molecule has 0 bridgehead atoms. The lowest BCUT2D eigenvalue weighted by molar-refractivity contribution is 0.426. The second-order valence-corrected chi connectivity index (χ2v) is 7.69. The van der Waals surface area contributed by atoms with Gasteiger partial charge in [0.05, 0.1) is 0 Å². The maximum atomic E-state index is 5.78. The predicted octanol–water partition coefficient (Wildman–Crippen LogP) is 5.81. The van der Waals surface area contributed by atoms with Gasteiger partial charge in [-0.25, -0.2) is 0 Å². The molecule has 0 saturated carbocycles. The Morgan fingerprint density at radius 3 is 2.46 bits per heavy atom. The van der Waals surface area contributed by atoms with Gasteiger partial charge in [0.2, 0.25) is 0 Å². The molecule has 0 aliphatic carbocycles. The molecule has 3 nitrogen and oxygen atoms in total. The van der Waals surface area contributed by atoms with Crippen LogP contribution in [-0.2, 0) is 12.8 Å². The summed E-state index contributed by atoms with van der Waals surface area (Å²) in [5.74, 6) is 6.83. The fourth-order valence-electron chi connectivity index (χ4n) is 3.81. The molecule has 0 aromatic heterocycles. The van der Waals surface area contributed by atoms with Crippen LogP contribution in [0.4, 0.5) is 5.69 Å². The van der Waals surface area contributed by atoms with Gasteiger partial charge in [-0.2, -0.15) is 5.10 Å². The number of hydrazone groups is 1. The van der Waals surface area contributed by atoms with Crippen LogP contribution in [-0.4, -0.2) is 12.8 Å². The lowest BCUT2D eigenvalue weighted by Gasteiger charge is -2.23. The summed E-state index contributed by atoms with van der Waals surface area (Å²) in [6.45, 7) is 8.47. The third-order valence-corrected chi connectivity index (χ3v) is 5.60. The molecule has 0 spiro atoms. The van der Waals surface area contributed by atoms with Crippen molar-refractivity contribution < 1.29 is 0 Å². The summed E-state index contributed by atoms with van der Waals surface area (Å²) in [7, 11) is 2.05. The SMILES string of the molecule is C=CN(C)c1ccccc1CCC(C)CC(CC)/C(Cc1ccccc1)=N\N. The summed E-state index contributed by atoms with van der Waals surface area (Å²) in [6, 6.07) is 19.1. The van der Waals surface area contributed by atoms with Gasteiger partial charge in [-0.05, 0) is 60.9 Å². The summed E-state index contributed by atoms with van der Waals surface area (Å²) < 4.78 is 0. The zero-order chi connectivity index (χ0) is 20.4. The Balaban J connectivity index is 1.97. The third-order valence-electron chi connectivity index (χ3n) is 5.60. The van der Waals surface area contributed by atoms with Crippen LogP contribution in [0.25, 0.3) is 0 Å². The lowest BCUT2D eigenvalue weighted by Crippen LogP contribution is -2.21. The summed E-state index contributed by atoms with van der Waals surface area (Å²) in [4.78, 5) is 2.09. The highest BCUT2D eigenvalue weighted by molar-refractivity contribution is 5.88. The first kappa shape index (κ1) is 21.7. The minimum Gasteiger partial charge on any atom is -0.351 e. The van der Waals surface area contributed by atoms with Gasteiger partial charge in [-0.15, -0.1) is 0 Å². The first-order chi connectivity index (χ1) is 13.6. The van der Waals surface area contributed by atoms with Crippen molar-refractivity contribution in [2.24, 2.45) is 22.8 Å². The maximum absolute atomic E-state index is 5.78. The normalized spacial score (nSPS) is 13.8. The van der Waals surface area contributed by atoms with E-state index in [1.807, 2.05) is 12.3 Å². The van der Waals surface area contributed by atoms with Crippen LogP contribution in [0.2, 0.25) is 0 Å². The molecule has 0 saturated heterocycles. The number of rotatable bonds is 11. The Morgan fingerprint density at radius 1 is 1.14 bits per heavy atom. The van der Waals surface area contributed by atoms with Gasteiger partial charge in [-0.1, -0.05) is 69.0 Å². The van der Waals surface area contributed by atoms with Crippen LogP contribution in [0.15, 0.2) is 72.5 Å². The van der Waals surface area contributed by atoms with E-state index in [1.165, 1.54) is 16.8 Å². The van der Waals surface area contributed by atoms with Crippen LogP contribution in [0.3, 0.4) is 0 Å². The molecule has 0 amide bonds. The van der Waals surface area contributed by atoms with E-state index in [0.29, 0.717) is 11.8 Å². The number of anilines is 1. The topological polar surface area (TPSA) is 41.6 Å². The molecule has 2 atom stereocenters. The van der Waals surface area contributed by atoms with E-state index < -0.39 is 0 Å². The highest BCUT2D eigenvalue weighted by Crippen LogP contribution is 2.26. The van der Waals surface area contributed by atoms with E-state index in [9.17, 15) is 0 Å². The first-order valence-corrected chi connectivity index (χ1v) is 10.3. The Kier molecular flexibility index (Phi) is 8.80. The van der Waals surface area contributed by atoms with Crippen molar-refractivity contribution in [1.29, 1.82) is 0 Å². The van der Waals surface area contributed by atoms with Gasteiger partial charge >= 0.3 is 0 Å². The number of nitrogens with zero attached hydrogens (tertiary/aromatic N) is 2. The minimum absolute atomic E-state index is 0.436. The van der Waals surface area contributed by atoms with Gasteiger partial charge in [0.15, 0.2) is 0 Å². The van der Waals surface area contributed by atoms with Crippen molar-refractivity contribution in [2.45, 2.75) is 46.0 Å². The molecule has 0 fully saturated rings. The van der Waals surface area contributed by atoms with Crippen LogP contribution in [0.1, 0.15) is 44.2 Å². The molecular weight excluding hydrogens is 342 g/mol. The van der Waals surface area contributed by atoms with E-state index in [-0.39, 0.29) is 0 Å².